The van der Waals surface area contributed by atoms with Crippen molar-refractivity contribution in [3.8, 4) is 0 Å². The van der Waals surface area contributed by atoms with Gasteiger partial charge in [-0.3, -0.25) is 9.78 Å². The minimum Gasteiger partial charge on any atom is -0.366 e. The number of hydrogen-bond donors (Lipinski definition) is 0. The molecule has 2 atom stereocenters. The van der Waals surface area contributed by atoms with Crippen LogP contribution in [0.4, 0.5) is 5.82 Å². The lowest BCUT2D eigenvalue weighted by atomic mass is 10.0. The Morgan fingerprint density at radius 2 is 1.80 bits per heavy atom. The summed E-state index contributed by atoms with van der Waals surface area (Å²) in [6, 6.07) is 10.3. The van der Waals surface area contributed by atoms with E-state index in [9.17, 15) is 4.79 Å². The summed E-state index contributed by atoms with van der Waals surface area (Å²) in [7, 11) is 2.08. The Labute approximate surface area is 178 Å². The number of carbonyl (C=O) groups excluding carboxylic acids is 1. The van der Waals surface area contributed by atoms with Crippen LogP contribution in [0.2, 0.25) is 0 Å². The molecule has 3 heterocycles. The summed E-state index contributed by atoms with van der Waals surface area (Å²) in [6.07, 6.45) is 3.39. The van der Waals surface area contributed by atoms with Crippen molar-refractivity contribution in [3.05, 3.63) is 54.0 Å². The second kappa shape index (κ2) is 9.10. The molecule has 0 spiro atoms. The molecule has 2 aliphatic rings. The number of nitrogens with zero attached hydrogens (tertiary/aromatic N) is 5. The number of anilines is 1. The standard InChI is InChI=1S/C23H31N5O2/c1-17(2)20-15-28(16-21(30-20)18-7-5-4-6-8-18)22-14-24-13-19(25-22)23(29)27-11-9-26(3)10-12-27/h4-8,13-14,17,20-21H,9-12,15-16H2,1-3H3/t20-,21+/m1/s1. The summed E-state index contributed by atoms with van der Waals surface area (Å²) in [5, 5.41) is 0. The molecule has 7 nitrogen and oxygen atoms in total. The molecule has 2 aliphatic heterocycles. The number of hydrogen-bond acceptors (Lipinski definition) is 6. The Balaban J connectivity index is 1.54. The highest BCUT2D eigenvalue weighted by Gasteiger charge is 2.32. The first-order valence-corrected chi connectivity index (χ1v) is 10.8. The van der Waals surface area contributed by atoms with Crippen LogP contribution < -0.4 is 4.90 Å². The van der Waals surface area contributed by atoms with E-state index in [2.05, 4.69) is 47.8 Å². The van der Waals surface area contributed by atoms with Crippen molar-refractivity contribution in [1.82, 2.24) is 19.8 Å². The van der Waals surface area contributed by atoms with Crippen molar-refractivity contribution in [2.24, 2.45) is 5.92 Å². The molecule has 2 fully saturated rings. The number of benzene rings is 1. The molecule has 2 saturated heterocycles. The van der Waals surface area contributed by atoms with Gasteiger partial charge in [0.2, 0.25) is 0 Å². The van der Waals surface area contributed by atoms with Crippen LogP contribution in [0.1, 0.15) is 36.0 Å². The van der Waals surface area contributed by atoms with E-state index in [1.807, 2.05) is 23.1 Å². The van der Waals surface area contributed by atoms with Crippen molar-refractivity contribution >= 4 is 11.7 Å². The molecular formula is C23H31N5O2. The van der Waals surface area contributed by atoms with Crippen LogP contribution >= 0.6 is 0 Å². The molecule has 1 amide bonds. The molecule has 160 valence electrons. The Morgan fingerprint density at radius 1 is 1.07 bits per heavy atom. The van der Waals surface area contributed by atoms with E-state index in [4.69, 9.17) is 9.72 Å². The van der Waals surface area contributed by atoms with Crippen molar-refractivity contribution in [2.45, 2.75) is 26.1 Å². The van der Waals surface area contributed by atoms with Crippen LogP contribution in [-0.2, 0) is 4.74 Å². The van der Waals surface area contributed by atoms with Gasteiger partial charge in [0.25, 0.3) is 5.91 Å². The van der Waals surface area contributed by atoms with Crippen LogP contribution in [0.15, 0.2) is 42.7 Å². The molecule has 0 unspecified atom stereocenters. The number of likely N-dealkylation sites (N-methyl/N-ethyl adjacent to an activating group) is 1. The molecule has 0 radical (unpaired) electrons. The predicted octanol–water partition coefficient (Wildman–Crippen LogP) is 2.47. The molecule has 2 aromatic rings. The fraction of sp³-hybridized carbons (Fsp3) is 0.522. The van der Waals surface area contributed by atoms with Crippen molar-refractivity contribution < 1.29 is 9.53 Å². The monoisotopic (exact) mass is 409 g/mol. The lowest BCUT2D eigenvalue weighted by Gasteiger charge is -2.40. The smallest absolute Gasteiger partial charge is 0.274 e. The van der Waals surface area contributed by atoms with Crippen LogP contribution in [0.3, 0.4) is 0 Å². The van der Waals surface area contributed by atoms with Gasteiger partial charge in [-0.15, -0.1) is 0 Å². The van der Waals surface area contributed by atoms with E-state index in [1.165, 1.54) is 0 Å². The summed E-state index contributed by atoms with van der Waals surface area (Å²) in [5.41, 5.74) is 1.58. The molecule has 0 saturated carbocycles. The number of rotatable bonds is 4. The Bertz CT molecular complexity index is 852. The molecule has 1 aromatic heterocycles. The second-order valence-electron chi connectivity index (χ2n) is 8.58. The molecule has 0 bridgehead atoms. The minimum absolute atomic E-state index is 0.0360. The van der Waals surface area contributed by atoms with Gasteiger partial charge in [0.05, 0.1) is 18.5 Å². The van der Waals surface area contributed by atoms with Gasteiger partial charge in [-0.25, -0.2) is 4.98 Å². The number of aromatic nitrogens is 2. The van der Waals surface area contributed by atoms with Gasteiger partial charge in [-0.2, -0.15) is 0 Å². The van der Waals surface area contributed by atoms with E-state index in [0.717, 1.165) is 44.1 Å². The average Bonchev–Trinajstić information content (AvgIpc) is 2.79. The summed E-state index contributed by atoms with van der Waals surface area (Å²) in [6.45, 7) is 9.00. The molecule has 0 aliphatic carbocycles. The van der Waals surface area contributed by atoms with Crippen molar-refractivity contribution in [2.75, 3.05) is 51.2 Å². The maximum absolute atomic E-state index is 13.0. The van der Waals surface area contributed by atoms with Gasteiger partial charge in [-0.1, -0.05) is 44.2 Å². The lowest BCUT2D eigenvalue weighted by Crippen LogP contribution is -2.48. The van der Waals surface area contributed by atoms with E-state index in [1.54, 1.807) is 12.4 Å². The third-order valence-corrected chi connectivity index (χ3v) is 6.00. The van der Waals surface area contributed by atoms with Gasteiger partial charge >= 0.3 is 0 Å². The number of morpholine rings is 1. The SMILES string of the molecule is CC(C)[C@H]1CN(c2cncc(C(=O)N3CCN(C)CC3)n2)C[C@@H](c2ccccc2)O1. The average molecular weight is 410 g/mol. The largest absolute Gasteiger partial charge is 0.366 e. The van der Waals surface area contributed by atoms with Crippen LogP contribution in [0, 0.1) is 5.92 Å². The van der Waals surface area contributed by atoms with Gasteiger partial charge in [0.1, 0.15) is 17.6 Å². The van der Waals surface area contributed by atoms with Gasteiger partial charge in [0.15, 0.2) is 0 Å². The molecule has 1 aromatic carbocycles. The van der Waals surface area contributed by atoms with Gasteiger partial charge in [-0.05, 0) is 18.5 Å². The fourth-order valence-corrected chi connectivity index (χ4v) is 3.98. The quantitative estimate of drug-likeness (QED) is 0.773. The number of carbonyl (C=O) groups is 1. The van der Waals surface area contributed by atoms with E-state index in [0.29, 0.717) is 18.2 Å². The Hall–Kier alpha value is -2.51. The Kier molecular flexibility index (Phi) is 6.29. The van der Waals surface area contributed by atoms with E-state index < -0.39 is 0 Å². The van der Waals surface area contributed by atoms with E-state index in [-0.39, 0.29) is 18.1 Å². The third-order valence-electron chi connectivity index (χ3n) is 6.00. The second-order valence-corrected chi connectivity index (χ2v) is 8.58. The highest BCUT2D eigenvalue weighted by atomic mass is 16.5. The number of piperazine rings is 1. The molecule has 4 rings (SSSR count). The molecule has 30 heavy (non-hydrogen) atoms. The Morgan fingerprint density at radius 3 is 2.50 bits per heavy atom. The molecule has 7 heteroatoms. The number of ether oxygens (including phenoxy) is 1. The van der Waals surface area contributed by atoms with Crippen LogP contribution in [-0.4, -0.2) is 78.1 Å². The van der Waals surface area contributed by atoms with Crippen LogP contribution in [0.5, 0.6) is 0 Å². The fourth-order valence-electron chi connectivity index (χ4n) is 3.98. The maximum atomic E-state index is 13.0. The minimum atomic E-state index is -0.0364. The zero-order chi connectivity index (χ0) is 21.1. The summed E-state index contributed by atoms with van der Waals surface area (Å²) >= 11 is 0. The molecular weight excluding hydrogens is 378 g/mol. The van der Waals surface area contributed by atoms with Crippen molar-refractivity contribution in [3.63, 3.8) is 0 Å². The summed E-state index contributed by atoms with van der Waals surface area (Å²) < 4.78 is 6.40. The van der Waals surface area contributed by atoms with Gasteiger partial charge < -0.3 is 19.4 Å². The maximum Gasteiger partial charge on any atom is 0.274 e. The summed E-state index contributed by atoms with van der Waals surface area (Å²) in [5.74, 6) is 1.08. The first-order chi connectivity index (χ1) is 14.5. The molecule has 0 N–H and O–H groups in total. The first kappa shape index (κ1) is 20.8. The van der Waals surface area contributed by atoms with Crippen LogP contribution in [0.25, 0.3) is 0 Å². The van der Waals surface area contributed by atoms with E-state index >= 15 is 0 Å². The van der Waals surface area contributed by atoms with Gasteiger partial charge in [0, 0.05) is 39.3 Å². The first-order valence-electron chi connectivity index (χ1n) is 10.8. The third kappa shape index (κ3) is 4.63. The predicted molar refractivity (Wildman–Crippen MR) is 117 cm³/mol. The topological polar surface area (TPSA) is 61.8 Å². The highest BCUT2D eigenvalue weighted by molar-refractivity contribution is 5.92. The highest BCUT2D eigenvalue weighted by Crippen LogP contribution is 2.30. The number of amides is 1. The zero-order valence-corrected chi connectivity index (χ0v) is 18.1. The van der Waals surface area contributed by atoms with Crippen molar-refractivity contribution in [1.29, 1.82) is 0 Å². The zero-order valence-electron chi connectivity index (χ0n) is 18.1. The normalized spacial score (nSPS) is 23.1. The lowest BCUT2D eigenvalue weighted by molar-refractivity contribution is -0.0501. The summed E-state index contributed by atoms with van der Waals surface area (Å²) in [4.78, 5) is 28.3.